The molecule has 0 saturated carbocycles. The van der Waals surface area contributed by atoms with Crippen LogP contribution in [0.25, 0.3) is 0 Å². The van der Waals surface area contributed by atoms with E-state index in [1.165, 1.54) is 0 Å². The molecule has 1 atom stereocenters. The molecule has 2 rings (SSSR count). The number of ether oxygens (including phenoxy) is 1. The summed E-state index contributed by atoms with van der Waals surface area (Å²) in [5, 5.41) is 0. The second-order valence-electron chi connectivity index (χ2n) is 3.44. The highest BCUT2D eigenvalue weighted by molar-refractivity contribution is 5.43. The third kappa shape index (κ3) is 1.12. The fourth-order valence-electron chi connectivity index (χ4n) is 1.85. The van der Waals surface area contributed by atoms with Crippen molar-refractivity contribution in [1.82, 2.24) is 0 Å². The van der Waals surface area contributed by atoms with Crippen LogP contribution in [0.1, 0.15) is 12.0 Å². The fraction of sp³-hybridized carbons (Fsp3) is 0.231. The monoisotopic (exact) mass is 184 g/mol. The largest absolute Gasteiger partial charge is 0.496 e. The summed E-state index contributed by atoms with van der Waals surface area (Å²) in [6.07, 6.45) is 6.43. The van der Waals surface area contributed by atoms with Crippen LogP contribution in [0.15, 0.2) is 42.7 Å². The molecule has 0 aliphatic carbocycles. The van der Waals surface area contributed by atoms with Crippen molar-refractivity contribution in [3.05, 3.63) is 48.2 Å². The molecule has 0 radical (unpaired) electrons. The second-order valence-corrected chi connectivity index (χ2v) is 3.44. The smallest absolute Gasteiger partial charge is 0.116 e. The normalized spacial score (nSPS) is 25.5. The van der Waals surface area contributed by atoms with Crippen molar-refractivity contribution in [3.8, 4) is 12.3 Å². The number of hydrogen-bond donors (Lipinski definition) is 0. The maximum absolute atomic E-state index is 5.60. The zero-order valence-electron chi connectivity index (χ0n) is 7.99. The van der Waals surface area contributed by atoms with Crippen LogP contribution in [-0.2, 0) is 10.2 Å². The molecule has 1 aliphatic heterocycles. The molecular formula is C13H12O. The molecule has 0 amide bonds. The molecule has 1 fully saturated rings. The van der Waals surface area contributed by atoms with Gasteiger partial charge in [-0.2, -0.15) is 0 Å². The van der Waals surface area contributed by atoms with Crippen molar-refractivity contribution in [2.45, 2.75) is 11.8 Å². The van der Waals surface area contributed by atoms with Crippen LogP contribution in [0.5, 0.6) is 0 Å². The van der Waals surface area contributed by atoms with E-state index in [1.807, 2.05) is 30.3 Å². The van der Waals surface area contributed by atoms with Gasteiger partial charge in [0, 0.05) is 6.42 Å². The molecule has 1 aromatic carbocycles. The van der Waals surface area contributed by atoms with Gasteiger partial charge in [0.05, 0.1) is 6.61 Å². The Balaban J connectivity index is 2.50. The molecule has 1 unspecified atom stereocenters. The highest BCUT2D eigenvalue weighted by atomic mass is 16.5. The number of allylic oxidation sites excluding steroid dienone is 1. The van der Waals surface area contributed by atoms with Crippen LogP contribution in [0, 0.1) is 12.3 Å². The first kappa shape index (κ1) is 8.90. The Morgan fingerprint density at radius 2 is 2.07 bits per heavy atom. The molecule has 70 valence electrons. The molecule has 0 N–H and O–H groups in total. The van der Waals surface area contributed by atoms with E-state index in [-0.39, 0.29) is 0 Å². The Bertz CT molecular complexity index is 385. The molecule has 1 heteroatoms. The standard InChI is InChI=1S/C13H12O/c1-3-13(9-10-14-11(13)2)12-7-5-4-6-8-12/h1,4-8H,2,9-10H2. The highest BCUT2D eigenvalue weighted by Crippen LogP contribution is 2.39. The van der Waals surface area contributed by atoms with E-state index < -0.39 is 5.41 Å². The summed E-state index contributed by atoms with van der Waals surface area (Å²) in [7, 11) is 0. The van der Waals surface area contributed by atoms with Gasteiger partial charge < -0.3 is 4.74 Å². The second kappa shape index (κ2) is 3.23. The van der Waals surface area contributed by atoms with Crippen molar-refractivity contribution in [2.24, 2.45) is 0 Å². The summed E-state index contributed by atoms with van der Waals surface area (Å²) in [5.41, 5.74) is 0.700. The van der Waals surface area contributed by atoms with Gasteiger partial charge in [0.25, 0.3) is 0 Å². The maximum atomic E-state index is 5.60. The summed E-state index contributed by atoms with van der Waals surface area (Å²) < 4.78 is 5.38. The first-order chi connectivity index (χ1) is 6.79. The first-order valence-electron chi connectivity index (χ1n) is 4.65. The Morgan fingerprint density at radius 3 is 2.57 bits per heavy atom. The van der Waals surface area contributed by atoms with Crippen molar-refractivity contribution in [1.29, 1.82) is 0 Å². The van der Waals surface area contributed by atoms with E-state index in [0.29, 0.717) is 12.4 Å². The summed E-state index contributed by atoms with van der Waals surface area (Å²) >= 11 is 0. The Morgan fingerprint density at radius 1 is 1.36 bits per heavy atom. The van der Waals surface area contributed by atoms with Crippen LogP contribution < -0.4 is 0 Å². The lowest BCUT2D eigenvalue weighted by molar-refractivity contribution is 0.261. The minimum Gasteiger partial charge on any atom is -0.496 e. The highest BCUT2D eigenvalue weighted by Gasteiger charge is 2.39. The number of benzene rings is 1. The molecule has 1 aromatic rings. The van der Waals surface area contributed by atoms with Gasteiger partial charge in [-0.15, -0.1) is 6.42 Å². The van der Waals surface area contributed by atoms with Crippen LogP contribution in [0.4, 0.5) is 0 Å². The molecule has 1 nitrogen and oxygen atoms in total. The van der Waals surface area contributed by atoms with Gasteiger partial charge in [0.1, 0.15) is 11.2 Å². The summed E-state index contributed by atoms with van der Waals surface area (Å²) in [6.45, 7) is 4.55. The SMILES string of the molecule is C#CC1(c2ccccc2)CCOC1=C. The lowest BCUT2D eigenvalue weighted by Crippen LogP contribution is -2.21. The van der Waals surface area contributed by atoms with Gasteiger partial charge in [-0.1, -0.05) is 42.8 Å². The molecular weight excluding hydrogens is 172 g/mol. The van der Waals surface area contributed by atoms with E-state index in [9.17, 15) is 0 Å². The molecule has 0 aromatic heterocycles. The van der Waals surface area contributed by atoms with Crippen molar-refractivity contribution >= 4 is 0 Å². The first-order valence-corrected chi connectivity index (χ1v) is 4.65. The topological polar surface area (TPSA) is 9.23 Å². The zero-order valence-corrected chi connectivity index (χ0v) is 7.99. The average Bonchev–Trinajstić information content (AvgIpc) is 2.62. The van der Waals surface area contributed by atoms with Crippen LogP contribution in [0.2, 0.25) is 0 Å². The number of hydrogen-bond acceptors (Lipinski definition) is 1. The molecule has 1 aliphatic rings. The fourth-order valence-corrected chi connectivity index (χ4v) is 1.85. The number of rotatable bonds is 1. The van der Waals surface area contributed by atoms with Gasteiger partial charge in [-0.05, 0) is 5.56 Å². The van der Waals surface area contributed by atoms with E-state index in [1.54, 1.807) is 0 Å². The van der Waals surface area contributed by atoms with Crippen molar-refractivity contribution in [3.63, 3.8) is 0 Å². The Labute approximate surface area is 84.4 Å². The van der Waals surface area contributed by atoms with E-state index >= 15 is 0 Å². The van der Waals surface area contributed by atoms with Crippen LogP contribution in [-0.4, -0.2) is 6.61 Å². The lowest BCUT2D eigenvalue weighted by atomic mass is 9.79. The molecule has 0 bridgehead atoms. The average molecular weight is 184 g/mol. The third-order valence-corrected chi connectivity index (χ3v) is 2.74. The Hall–Kier alpha value is -1.68. The van der Waals surface area contributed by atoms with Gasteiger partial charge in [0.2, 0.25) is 0 Å². The van der Waals surface area contributed by atoms with Gasteiger partial charge in [0.15, 0.2) is 0 Å². The molecule has 0 spiro atoms. The van der Waals surface area contributed by atoms with E-state index in [2.05, 4.69) is 12.5 Å². The predicted molar refractivity (Wildman–Crippen MR) is 56.7 cm³/mol. The molecule has 14 heavy (non-hydrogen) atoms. The number of terminal acetylenes is 1. The Kier molecular flexibility index (Phi) is 2.05. The summed E-state index contributed by atoms with van der Waals surface area (Å²) in [5.74, 6) is 3.52. The minimum absolute atomic E-state index is 0.402. The molecule has 1 saturated heterocycles. The van der Waals surface area contributed by atoms with Gasteiger partial charge in [-0.25, -0.2) is 0 Å². The third-order valence-electron chi connectivity index (χ3n) is 2.74. The predicted octanol–water partition coefficient (Wildman–Crippen LogP) is 2.49. The summed E-state index contributed by atoms with van der Waals surface area (Å²) in [4.78, 5) is 0. The van der Waals surface area contributed by atoms with Crippen molar-refractivity contribution in [2.75, 3.05) is 6.61 Å². The van der Waals surface area contributed by atoms with E-state index in [4.69, 9.17) is 11.2 Å². The van der Waals surface area contributed by atoms with Gasteiger partial charge in [-0.3, -0.25) is 0 Å². The van der Waals surface area contributed by atoms with E-state index in [0.717, 1.165) is 12.0 Å². The van der Waals surface area contributed by atoms with Crippen LogP contribution in [0.3, 0.4) is 0 Å². The van der Waals surface area contributed by atoms with Crippen molar-refractivity contribution < 1.29 is 4.74 Å². The quantitative estimate of drug-likeness (QED) is 0.609. The van der Waals surface area contributed by atoms with Gasteiger partial charge >= 0.3 is 0 Å². The zero-order chi connectivity index (χ0) is 10.0. The lowest BCUT2D eigenvalue weighted by Gasteiger charge is -2.21. The molecule has 1 heterocycles. The van der Waals surface area contributed by atoms with Crippen LogP contribution >= 0.6 is 0 Å². The minimum atomic E-state index is -0.402. The maximum Gasteiger partial charge on any atom is 0.116 e. The summed E-state index contributed by atoms with van der Waals surface area (Å²) in [6, 6.07) is 10.0.